The fraction of sp³-hybridized carbons (Fsp3) is 0.273. The summed E-state index contributed by atoms with van der Waals surface area (Å²) in [6.07, 6.45) is 1.63. The van der Waals surface area contributed by atoms with E-state index in [9.17, 15) is 19.1 Å². The zero-order valence-corrected chi connectivity index (χ0v) is 15.5. The third kappa shape index (κ3) is 3.50. The molecule has 0 radical (unpaired) electrons. The Bertz CT molecular complexity index is 1100. The van der Waals surface area contributed by atoms with Gasteiger partial charge in [0, 0.05) is 47.6 Å². The molecule has 0 aliphatic carbocycles. The maximum Gasteiger partial charge on any atom is 0.253 e. The number of aromatic nitrogens is 1. The summed E-state index contributed by atoms with van der Waals surface area (Å²) in [5, 5.41) is 10.6. The highest BCUT2D eigenvalue weighted by Gasteiger charge is 2.26. The van der Waals surface area contributed by atoms with Crippen molar-refractivity contribution in [2.45, 2.75) is 25.7 Å². The van der Waals surface area contributed by atoms with Crippen LogP contribution < -0.4 is 5.56 Å². The van der Waals surface area contributed by atoms with Crippen LogP contribution in [0.15, 0.2) is 47.3 Å². The van der Waals surface area contributed by atoms with Gasteiger partial charge in [0.15, 0.2) is 0 Å². The topological polar surface area (TPSA) is 73.4 Å². The SMILES string of the molecule is Cc1cc(=O)[nH]c2cc(C(=O)N3CCCC(c4cc(O)cc(F)c4)C3)ccc12. The van der Waals surface area contributed by atoms with Gasteiger partial charge in [0.1, 0.15) is 11.6 Å². The number of carbonyl (C=O) groups is 1. The second-order valence-corrected chi connectivity index (χ2v) is 7.41. The van der Waals surface area contributed by atoms with Crippen LogP contribution in [-0.2, 0) is 0 Å². The number of hydrogen-bond acceptors (Lipinski definition) is 3. The van der Waals surface area contributed by atoms with Crippen molar-refractivity contribution >= 4 is 16.8 Å². The molecule has 2 heterocycles. The van der Waals surface area contributed by atoms with E-state index in [0.29, 0.717) is 29.7 Å². The van der Waals surface area contributed by atoms with Crippen LogP contribution in [0.1, 0.15) is 40.2 Å². The molecule has 1 aliphatic rings. The smallest absolute Gasteiger partial charge is 0.253 e. The number of phenolic OH excluding ortho intramolecular Hbond substituents is 1. The van der Waals surface area contributed by atoms with Gasteiger partial charge in [-0.05, 0) is 55.2 Å². The fourth-order valence-electron chi connectivity index (χ4n) is 4.02. The summed E-state index contributed by atoms with van der Waals surface area (Å²) in [6, 6.07) is 10.9. The average Bonchev–Trinajstić information content (AvgIpc) is 2.66. The van der Waals surface area contributed by atoms with Crippen LogP contribution in [-0.4, -0.2) is 34.0 Å². The van der Waals surface area contributed by atoms with Crippen LogP contribution in [0.5, 0.6) is 5.75 Å². The molecule has 0 bridgehead atoms. The minimum atomic E-state index is -0.479. The Hall–Kier alpha value is -3.15. The van der Waals surface area contributed by atoms with Crippen molar-refractivity contribution in [2.75, 3.05) is 13.1 Å². The van der Waals surface area contributed by atoms with Gasteiger partial charge in [0.2, 0.25) is 5.56 Å². The summed E-state index contributed by atoms with van der Waals surface area (Å²) < 4.78 is 13.6. The van der Waals surface area contributed by atoms with Crippen molar-refractivity contribution in [1.82, 2.24) is 9.88 Å². The molecule has 1 aromatic heterocycles. The van der Waals surface area contributed by atoms with Gasteiger partial charge in [-0.25, -0.2) is 4.39 Å². The van der Waals surface area contributed by atoms with Crippen LogP contribution in [0.2, 0.25) is 0 Å². The number of phenols is 1. The molecule has 1 atom stereocenters. The summed E-state index contributed by atoms with van der Waals surface area (Å²) in [4.78, 5) is 29.3. The average molecular weight is 380 g/mol. The summed E-state index contributed by atoms with van der Waals surface area (Å²) in [5.74, 6) is -0.726. The molecule has 0 saturated carbocycles. The number of pyridine rings is 1. The second-order valence-electron chi connectivity index (χ2n) is 7.41. The first-order chi connectivity index (χ1) is 13.4. The van der Waals surface area contributed by atoms with Crippen LogP contribution in [0.25, 0.3) is 10.9 Å². The maximum atomic E-state index is 13.6. The van der Waals surface area contributed by atoms with Crippen LogP contribution >= 0.6 is 0 Å². The number of aromatic hydroxyl groups is 1. The lowest BCUT2D eigenvalue weighted by molar-refractivity contribution is 0.0707. The van der Waals surface area contributed by atoms with Gasteiger partial charge in [-0.2, -0.15) is 0 Å². The highest BCUT2D eigenvalue weighted by atomic mass is 19.1. The van der Waals surface area contributed by atoms with E-state index in [1.165, 1.54) is 12.1 Å². The Morgan fingerprint density at radius 2 is 2.04 bits per heavy atom. The summed E-state index contributed by atoms with van der Waals surface area (Å²) in [5.41, 5.74) is 2.52. The van der Waals surface area contributed by atoms with Gasteiger partial charge in [-0.15, -0.1) is 0 Å². The number of nitrogens with one attached hydrogen (secondary N) is 1. The first kappa shape index (κ1) is 18.2. The Morgan fingerprint density at radius 1 is 1.21 bits per heavy atom. The van der Waals surface area contributed by atoms with Gasteiger partial charge in [-0.1, -0.05) is 6.07 Å². The number of hydrogen-bond donors (Lipinski definition) is 2. The predicted octanol–water partition coefficient (Wildman–Crippen LogP) is 3.70. The number of halogens is 1. The number of benzene rings is 2. The van der Waals surface area contributed by atoms with Gasteiger partial charge >= 0.3 is 0 Å². The Morgan fingerprint density at radius 3 is 2.82 bits per heavy atom. The summed E-state index contributed by atoms with van der Waals surface area (Å²) in [6.45, 7) is 2.95. The number of aromatic amines is 1. The molecule has 5 nitrogen and oxygen atoms in total. The quantitative estimate of drug-likeness (QED) is 0.712. The molecule has 1 saturated heterocycles. The lowest BCUT2D eigenvalue weighted by Crippen LogP contribution is -2.39. The number of fused-ring (bicyclic) bond motifs is 1. The largest absolute Gasteiger partial charge is 0.508 e. The number of piperidine rings is 1. The molecule has 1 fully saturated rings. The number of amides is 1. The molecular weight excluding hydrogens is 359 g/mol. The molecule has 4 rings (SSSR count). The minimum Gasteiger partial charge on any atom is -0.508 e. The van der Waals surface area contributed by atoms with E-state index in [-0.39, 0.29) is 23.1 Å². The first-order valence-corrected chi connectivity index (χ1v) is 9.33. The van der Waals surface area contributed by atoms with Gasteiger partial charge in [-0.3, -0.25) is 9.59 Å². The summed E-state index contributed by atoms with van der Waals surface area (Å²) in [7, 11) is 0. The van der Waals surface area contributed by atoms with Crippen molar-refractivity contribution in [3.05, 3.63) is 75.3 Å². The Balaban J connectivity index is 1.60. The van der Waals surface area contributed by atoms with E-state index in [1.54, 1.807) is 23.1 Å². The zero-order valence-electron chi connectivity index (χ0n) is 15.5. The van der Waals surface area contributed by atoms with Crippen molar-refractivity contribution < 1.29 is 14.3 Å². The Labute approximate surface area is 161 Å². The van der Waals surface area contributed by atoms with E-state index in [0.717, 1.165) is 29.9 Å². The van der Waals surface area contributed by atoms with Gasteiger partial charge in [0.25, 0.3) is 5.91 Å². The summed E-state index contributed by atoms with van der Waals surface area (Å²) >= 11 is 0. The lowest BCUT2D eigenvalue weighted by atomic mass is 9.90. The molecule has 0 spiro atoms. The lowest BCUT2D eigenvalue weighted by Gasteiger charge is -2.33. The van der Waals surface area contributed by atoms with Crippen molar-refractivity contribution in [2.24, 2.45) is 0 Å². The van der Waals surface area contributed by atoms with E-state index in [1.807, 2.05) is 13.0 Å². The zero-order chi connectivity index (χ0) is 19.8. The monoisotopic (exact) mass is 380 g/mol. The number of H-pyrrole nitrogens is 1. The molecule has 1 amide bonds. The number of rotatable bonds is 2. The van der Waals surface area contributed by atoms with E-state index < -0.39 is 5.82 Å². The highest BCUT2D eigenvalue weighted by molar-refractivity contribution is 5.98. The van der Waals surface area contributed by atoms with Gasteiger partial charge in [0.05, 0.1) is 0 Å². The van der Waals surface area contributed by atoms with E-state index in [2.05, 4.69) is 4.98 Å². The molecule has 1 unspecified atom stereocenters. The third-order valence-corrected chi connectivity index (χ3v) is 5.38. The molecule has 144 valence electrons. The number of nitrogens with zero attached hydrogens (tertiary/aromatic N) is 1. The molecule has 2 aromatic carbocycles. The highest BCUT2D eigenvalue weighted by Crippen LogP contribution is 2.30. The number of carbonyl (C=O) groups excluding carboxylic acids is 1. The molecule has 3 aromatic rings. The molecule has 6 heteroatoms. The number of aryl methyl sites for hydroxylation is 1. The molecule has 28 heavy (non-hydrogen) atoms. The molecule has 2 N–H and O–H groups in total. The van der Waals surface area contributed by atoms with Crippen molar-refractivity contribution in [1.29, 1.82) is 0 Å². The van der Waals surface area contributed by atoms with Gasteiger partial charge < -0.3 is 15.0 Å². The van der Waals surface area contributed by atoms with Crippen LogP contribution in [0.4, 0.5) is 4.39 Å². The second kappa shape index (κ2) is 7.11. The predicted molar refractivity (Wildman–Crippen MR) is 105 cm³/mol. The minimum absolute atomic E-state index is 0.0261. The first-order valence-electron chi connectivity index (χ1n) is 9.33. The van der Waals surface area contributed by atoms with Crippen molar-refractivity contribution in [3.8, 4) is 5.75 Å². The van der Waals surface area contributed by atoms with Crippen LogP contribution in [0.3, 0.4) is 0 Å². The van der Waals surface area contributed by atoms with Crippen molar-refractivity contribution in [3.63, 3.8) is 0 Å². The fourth-order valence-corrected chi connectivity index (χ4v) is 4.02. The normalized spacial score (nSPS) is 17.1. The van der Waals surface area contributed by atoms with E-state index in [4.69, 9.17) is 0 Å². The third-order valence-electron chi connectivity index (χ3n) is 5.38. The van der Waals surface area contributed by atoms with E-state index >= 15 is 0 Å². The molecular formula is C22H21FN2O3. The van der Waals surface area contributed by atoms with Crippen LogP contribution in [0, 0.1) is 12.7 Å². The maximum absolute atomic E-state index is 13.6. The molecule has 1 aliphatic heterocycles. The number of likely N-dealkylation sites (tertiary alicyclic amines) is 1. The Kier molecular flexibility index (Phi) is 4.63. The standard InChI is InChI=1S/C22H21FN2O3/c1-13-7-21(27)24-20-10-14(4-5-19(13)20)22(28)25-6-2-3-15(12-25)16-8-17(23)11-18(26)9-16/h4-5,7-11,15,26H,2-3,6,12H2,1H3,(H,24,27).